The first-order chi connectivity index (χ1) is 14.6. The van der Waals surface area contributed by atoms with E-state index in [0.29, 0.717) is 29.0 Å². The normalized spacial score (nSPS) is 11.4. The van der Waals surface area contributed by atoms with Crippen LogP contribution in [0.15, 0.2) is 29.1 Å². The molecule has 0 spiro atoms. The van der Waals surface area contributed by atoms with Crippen LogP contribution in [-0.4, -0.2) is 32.6 Å². The van der Waals surface area contributed by atoms with Crippen molar-refractivity contribution in [2.75, 3.05) is 5.32 Å². The molecule has 3 aromatic rings. The van der Waals surface area contributed by atoms with Gasteiger partial charge < -0.3 is 25.3 Å². The predicted octanol–water partition coefficient (Wildman–Crippen LogP) is 3.40. The first kappa shape index (κ1) is 22.1. The van der Waals surface area contributed by atoms with Crippen LogP contribution in [0, 0.1) is 6.92 Å². The van der Waals surface area contributed by atoms with Gasteiger partial charge in [0.25, 0.3) is 11.5 Å². The Kier molecular flexibility index (Phi) is 6.14. The molecule has 164 valence electrons. The maximum Gasteiger partial charge on any atom is 0.408 e. The summed E-state index contributed by atoms with van der Waals surface area (Å²) in [6.45, 7) is 9.33. The number of carbonyl (C=O) groups is 2. The number of pyridine rings is 1. The Morgan fingerprint density at radius 1 is 1.16 bits per heavy atom. The topological polar surface area (TPSA) is 129 Å². The zero-order valence-electron chi connectivity index (χ0n) is 18.3. The summed E-state index contributed by atoms with van der Waals surface area (Å²) in [5.74, 6) is 0.0595. The van der Waals surface area contributed by atoms with Gasteiger partial charge in [0.15, 0.2) is 0 Å². The Labute approximate surface area is 179 Å². The molecule has 0 aliphatic carbocycles. The molecule has 9 heteroatoms. The smallest absolute Gasteiger partial charge is 0.408 e. The van der Waals surface area contributed by atoms with Gasteiger partial charge in [-0.05, 0) is 63.9 Å². The van der Waals surface area contributed by atoms with Crippen LogP contribution in [0.5, 0.6) is 0 Å². The van der Waals surface area contributed by atoms with Crippen molar-refractivity contribution in [3.63, 3.8) is 0 Å². The quantitative estimate of drug-likeness (QED) is 0.498. The number of imidazole rings is 1. The zero-order valence-corrected chi connectivity index (χ0v) is 18.3. The van der Waals surface area contributed by atoms with Crippen LogP contribution < -0.4 is 16.2 Å². The van der Waals surface area contributed by atoms with Gasteiger partial charge >= 0.3 is 6.09 Å². The van der Waals surface area contributed by atoms with E-state index in [9.17, 15) is 14.4 Å². The van der Waals surface area contributed by atoms with Crippen molar-refractivity contribution in [3.05, 3.63) is 57.3 Å². The van der Waals surface area contributed by atoms with Crippen LogP contribution in [0.25, 0.3) is 11.0 Å². The van der Waals surface area contributed by atoms with E-state index >= 15 is 0 Å². The number of rotatable bonds is 5. The molecule has 0 aliphatic heterocycles. The Hall–Kier alpha value is -3.62. The van der Waals surface area contributed by atoms with Gasteiger partial charge in [0.1, 0.15) is 17.0 Å². The van der Waals surface area contributed by atoms with Gasteiger partial charge in [0.2, 0.25) is 0 Å². The molecule has 2 aromatic heterocycles. The van der Waals surface area contributed by atoms with E-state index in [1.54, 1.807) is 45.0 Å². The molecule has 0 atom stereocenters. The van der Waals surface area contributed by atoms with Crippen LogP contribution in [0.2, 0.25) is 0 Å². The third kappa shape index (κ3) is 5.50. The number of aryl methyl sites for hydroxylation is 2. The van der Waals surface area contributed by atoms with Crippen molar-refractivity contribution in [1.82, 2.24) is 20.3 Å². The van der Waals surface area contributed by atoms with E-state index in [4.69, 9.17) is 4.74 Å². The summed E-state index contributed by atoms with van der Waals surface area (Å²) in [6, 6.07) is 6.77. The van der Waals surface area contributed by atoms with Crippen LogP contribution in [0.4, 0.5) is 10.5 Å². The molecule has 0 aliphatic rings. The summed E-state index contributed by atoms with van der Waals surface area (Å²) in [5, 5.41) is 5.39. The molecule has 4 N–H and O–H groups in total. The number of anilines is 1. The molecule has 1 aromatic carbocycles. The van der Waals surface area contributed by atoms with E-state index < -0.39 is 23.2 Å². The monoisotopic (exact) mass is 425 g/mol. The molecule has 3 rings (SSSR count). The highest BCUT2D eigenvalue weighted by Crippen LogP contribution is 2.18. The number of carbonyl (C=O) groups excluding carboxylic acids is 2. The van der Waals surface area contributed by atoms with Crippen molar-refractivity contribution < 1.29 is 14.3 Å². The van der Waals surface area contributed by atoms with Gasteiger partial charge in [0, 0.05) is 11.4 Å². The fourth-order valence-corrected chi connectivity index (χ4v) is 3.10. The summed E-state index contributed by atoms with van der Waals surface area (Å²) in [7, 11) is 0. The van der Waals surface area contributed by atoms with Gasteiger partial charge in [-0.15, -0.1) is 0 Å². The molecule has 2 amide bonds. The predicted molar refractivity (Wildman–Crippen MR) is 118 cm³/mol. The van der Waals surface area contributed by atoms with Gasteiger partial charge in [-0.2, -0.15) is 0 Å². The SMILES string of the molecule is CCc1[nH]c(=O)c(C(=O)Nc2ccc3nc(CNC(=O)OC(C)(C)C)[nH]c3c2)cc1C. The maximum absolute atomic E-state index is 12.6. The van der Waals surface area contributed by atoms with Crippen LogP contribution in [0.1, 0.15) is 55.1 Å². The third-order valence-corrected chi connectivity index (χ3v) is 4.53. The number of hydrogen-bond donors (Lipinski definition) is 4. The van der Waals surface area contributed by atoms with Gasteiger partial charge in [-0.3, -0.25) is 9.59 Å². The number of nitrogens with one attached hydrogen (secondary N) is 4. The molecule has 0 radical (unpaired) electrons. The fraction of sp³-hybridized carbons (Fsp3) is 0.364. The van der Waals surface area contributed by atoms with Gasteiger partial charge in [-0.1, -0.05) is 6.92 Å². The highest BCUT2D eigenvalue weighted by molar-refractivity contribution is 6.04. The fourth-order valence-electron chi connectivity index (χ4n) is 3.10. The minimum Gasteiger partial charge on any atom is -0.444 e. The zero-order chi connectivity index (χ0) is 22.8. The number of H-pyrrole nitrogens is 2. The summed E-state index contributed by atoms with van der Waals surface area (Å²) in [6.07, 6.45) is 0.153. The van der Waals surface area contributed by atoms with E-state index in [1.165, 1.54) is 0 Å². The number of fused-ring (bicyclic) bond motifs is 1. The lowest BCUT2D eigenvalue weighted by Crippen LogP contribution is -2.32. The second-order valence-electron chi connectivity index (χ2n) is 8.25. The Bertz CT molecular complexity index is 1190. The van der Waals surface area contributed by atoms with Crippen molar-refractivity contribution in [3.8, 4) is 0 Å². The standard InChI is InChI=1S/C22H27N5O4/c1-6-15-12(2)9-14(20(29)27-15)19(28)24-13-7-8-16-17(10-13)26-18(25-16)11-23-21(30)31-22(3,4)5/h7-10H,6,11H2,1-5H3,(H,23,30)(H,24,28)(H,25,26)(H,27,29). The Morgan fingerprint density at radius 3 is 2.58 bits per heavy atom. The highest BCUT2D eigenvalue weighted by atomic mass is 16.6. The van der Waals surface area contributed by atoms with E-state index in [1.807, 2.05) is 13.8 Å². The molecule has 9 nitrogen and oxygen atoms in total. The third-order valence-electron chi connectivity index (χ3n) is 4.53. The van der Waals surface area contributed by atoms with Crippen molar-refractivity contribution >= 4 is 28.7 Å². The number of nitrogens with zero attached hydrogens (tertiary/aromatic N) is 1. The largest absolute Gasteiger partial charge is 0.444 e. The molecule has 0 bridgehead atoms. The second-order valence-corrected chi connectivity index (χ2v) is 8.25. The minimum absolute atomic E-state index is 0.0571. The molecular weight excluding hydrogens is 398 g/mol. The van der Waals surface area contributed by atoms with Crippen molar-refractivity contribution in [1.29, 1.82) is 0 Å². The molecular formula is C22H27N5O4. The molecule has 0 unspecified atom stereocenters. The number of amides is 2. The maximum atomic E-state index is 12.6. The first-order valence-corrected chi connectivity index (χ1v) is 10.1. The molecule has 2 heterocycles. The number of alkyl carbamates (subject to hydrolysis) is 1. The summed E-state index contributed by atoms with van der Waals surface area (Å²) >= 11 is 0. The second kappa shape index (κ2) is 8.63. The molecule has 0 saturated heterocycles. The van der Waals surface area contributed by atoms with Gasteiger partial charge in [0.05, 0.1) is 17.6 Å². The lowest BCUT2D eigenvalue weighted by atomic mass is 10.1. The number of ether oxygens (including phenoxy) is 1. The summed E-state index contributed by atoms with van der Waals surface area (Å²) in [4.78, 5) is 46.9. The average Bonchev–Trinajstić information content (AvgIpc) is 3.08. The number of aromatic amines is 2. The number of benzene rings is 1. The van der Waals surface area contributed by atoms with Crippen LogP contribution >= 0.6 is 0 Å². The van der Waals surface area contributed by atoms with Crippen molar-refractivity contribution in [2.24, 2.45) is 0 Å². The van der Waals surface area contributed by atoms with Crippen LogP contribution in [-0.2, 0) is 17.7 Å². The van der Waals surface area contributed by atoms with E-state index in [2.05, 4.69) is 25.6 Å². The Balaban J connectivity index is 1.72. The van der Waals surface area contributed by atoms with Crippen molar-refractivity contribution in [2.45, 2.75) is 53.2 Å². The highest BCUT2D eigenvalue weighted by Gasteiger charge is 2.17. The lowest BCUT2D eigenvalue weighted by molar-refractivity contribution is 0.0522. The minimum atomic E-state index is -0.581. The molecule has 0 fully saturated rings. The van der Waals surface area contributed by atoms with Crippen LogP contribution in [0.3, 0.4) is 0 Å². The average molecular weight is 425 g/mol. The number of aromatic nitrogens is 3. The summed E-state index contributed by atoms with van der Waals surface area (Å²) < 4.78 is 5.20. The summed E-state index contributed by atoms with van der Waals surface area (Å²) in [5.41, 5.74) is 2.61. The Morgan fingerprint density at radius 2 is 1.90 bits per heavy atom. The first-order valence-electron chi connectivity index (χ1n) is 10.1. The lowest BCUT2D eigenvalue weighted by Gasteiger charge is -2.19. The van der Waals surface area contributed by atoms with Gasteiger partial charge in [-0.25, -0.2) is 9.78 Å². The molecule has 0 saturated carbocycles. The molecule has 31 heavy (non-hydrogen) atoms. The number of hydrogen-bond acceptors (Lipinski definition) is 5. The van der Waals surface area contributed by atoms with E-state index in [-0.39, 0.29) is 12.1 Å². The van der Waals surface area contributed by atoms with E-state index in [0.717, 1.165) is 11.3 Å².